The lowest BCUT2D eigenvalue weighted by Crippen LogP contribution is -2.50. The molecule has 106 valence electrons. The summed E-state index contributed by atoms with van der Waals surface area (Å²) in [6.45, 7) is 6.24. The van der Waals surface area contributed by atoms with Gasteiger partial charge in [0.15, 0.2) is 11.6 Å². The van der Waals surface area contributed by atoms with E-state index in [0.29, 0.717) is 5.56 Å². The molecule has 1 aromatic rings. The normalized spacial score (nSPS) is 18.6. The summed E-state index contributed by atoms with van der Waals surface area (Å²) >= 11 is 0. The van der Waals surface area contributed by atoms with Gasteiger partial charge in [0, 0.05) is 11.1 Å². The number of rotatable bonds is 4. The van der Waals surface area contributed by atoms with Crippen molar-refractivity contribution in [3.63, 3.8) is 0 Å². The molecule has 1 fully saturated rings. The highest BCUT2D eigenvalue weighted by molar-refractivity contribution is 5.34. The fraction of sp³-hybridized carbons (Fsp3) is 0.600. The van der Waals surface area contributed by atoms with Gasteiger partial charge < -0.3 is 10.5 Å². The van der Waals surface area contributed by atoms with Crippen LogP contribution in [-0.2, 0) is 0 Å². The number of hydrogen-bond acceptors (Lipinski definition) is 3. The number of hydrogen-bond donors (Lipinski definition) is 1. The molecule has 4 heteroatoms. The molecule has 1 heterocycles. The molecule has 1 aliphatic rings. The van der Waals surface area contributed by atoms with Crippen LogP contribution in [0.2, 0.25) is 0 Å². The number of halogens is 1. The maximum atomic E-state index is 14.3. The van der Waals surface area contributed by atoms with Gasteiger partial charge >= 0.3 is 0 Å². The zero-order valence-corrected chi connectivity index (χ0v) is 11.9. The molecule has 1 atom stereocenters. The second kappa shape index (κ2) is 5.47. The Morgan fingerprint density at radius 1 is 1.32 bits per heavy atom. The van der Waals surface area contributed by atoms with Crippen molar-refractivity contribution < 1.29 is 9.13 Å². The van der Waals surface area contributed by atoms with E-state index in [9.17, 15) is 4.39 Å². The van der Waals surface area contributed by atoms with E-state index in [1.165, 1.54) is 20.0 Å². The number of ether oxygens (including phenoxy) is 1. The van der Waals surface area contributed by atoms with Gasteiger partial charge in [0.1, 0.15) is 0 Å². The molecule has 0 bridgehead atoms. The van der Waals surface area contributed by atoms with Crippen LogP contribution in [0.3, 0.4) is 0 Å². The van der Waals surface area contributed by atoms with Gasteiger partial charge in [-0.25, -0.2) is 4.39 Å². The van der Waals surface area contributed by atoms with E-state index in [1.807, 2.05) is 0 Å². The molecule has 3 nitrogen and oxygen atoms in total. The highest BCUT2D eigenvalue weighted by atomic mass is 19.1. The standard InChI is InChI=1S/C15H23FN2O/c1-15(2,18-9-4-5-10-18)14(17)11-7-6-8-12(19-3)13(11)16/h6-8,14H,4-5,9-10,17H2,1-3H3. The van der Waals surface area contributed by atoms with Crippen LogP contribution in [0.25, 0.3) is 0 Å². The molecule has 0 saturated carbocycles. The summed E-state index contributed by atoms with van der Waals surface area (Å²) in [7, 11) is 1.47. The van der Waals surface area contributed by atoms with Gasteiger partial charge in [-0.3, -0.25) is 4.90 Å². The number of likely N-dealkylation sites (tertiary alicyclic amines) is 1. The third kappa shape index (κ3) is 2.60. The van der Waals surface area contributed by atoms with Gasteiger partial charge in [0.25, 0.3) is 0 Å². The van der Waals surface area contributed by atoms with Crippen molar-refractivity contribution in [1.82, 2.24) is 4.90 Å². The first-order valence-electron chi connectivity index (χ1n) is 6.81. The SMILES string of the molecule is COc1cccc(C(N)C(C)(C)N2CCCC2)c1F. The molecule has 19 heavy (non-hydrogen) atoms. The average molecular weight is 266 g/mol. The predicted molar refractivity (Wildman–Crippen MR) is 74.8 cm³/mol. The summed E-state index contributed by atoms with van der Waals surface area (Å²) in [4.78, 5) is 2.34. The molecule has 2 N–H and O–H groups in total. The number of nitrogens with two attached hydrogens (primary N) is 1. The summed E-state index contributed by atoms with van der Waals surface area (Å²) < 4.78 is 19.3. The van der Waals surface area contributed by atoms with Crippen molar-refractivity contribution in [3.05, 3.63) is 29.6 Å². The van der Waals surface area contributed by atoms with Crippen molar-refractivity contribution >= 4 is 0 Å². The smallest absolute Gasteiger partial charge is 0.169 e. The highest BCUT2D eigenvalue weighted by Gasteiger charge is 2.37. The first kappa shape index (κ1) is 14.3. The first-order valence-corrected chi connectivity index (χ1v) is 6.81. The Hall–Kier alpha value is -1.13. The van der Waals surface area contributed by atoms with Crippen LogP contribution >= 0.6 is 0 Å². The van der Waals surface area contributed by atoms with E-state index in [1.54, 1.807) is 18.2 Å². The molecule has 1 aliphatic heterocycles. The van der Waals surface area contributed by atoms with E-state index in [2.05, 4.69) is 18.7 Å². The minimum atomic E-state index is -0.374. The summed E-state index contributed by atoms with van der Waals surface area (Å²) in [6, 6.07) is 4.78. The summed E-state index contributed by atoms with van der Waals surface area (Å²) in [5, 5.41) is 0. The molecule has 0 amide bonds. The van der Waals surface area contributed by atoms with Crippen LogP contribution in [-0.4, -0.2) is 30.6 Å². The lowest BCUT2D eigenvalue weighted by molar-refractivity contribution is 0.122. The Morgan fingerprint density at radius 3 is 2.53 bits per heavy atom. The molecule has 1 aromatic carbocycles. The zero-order chi connectivity index (χ0) is 14.0. The summed E-state index contributed by atoms with van der Waals surface area (Å²) in [5.74, 6) is -0.0880. The fourth-order valence-corrected chi connectivity index (χ4v) is 2.80. The number of nitrogens with zero attached hydrogens (tertiary/aromatic N) is 1. The van der Waals surface area contributed by atoms with Crippen LogP contribution in [0.4, 0.5) is 4.39 Å². The zero-order valence-electron chi connectivity index (χ0n) is 11.9. The number of benzene rings is 1. The molecule has 0 radical (unpaired) electrons. The third-order valence-corrected chi connectivity index (χ3v) is 4.23. The Balaban J connectivity index is 2.30. The molecule has 0 aromatic heterocycles. The minimum absolute atomic E-state index is 0.255. The molecule has 1 saturated heterocycles. The molecule has 0 spiro atoms. The maximum Gasteiger partial charge on any atom is 0.169 e. The second-order valence-corrected chi connectivity index (χ2v) is 5.69. The van der Waals surface area contributed by atoms with Crippen molar-refractivity contribution in [3.8, 4) is 5.75 Å². The summed E-state index contributed by atoms with van der Waals surface area (Å²) in [5.41, 5.74) is 6.60. The third-order valence-electron chi connectivity index (χ3n) is 4.23. The van der Waals surface area contributed by atoms with Gasteiger partial charge in [-0.15, -0.1) is 0 Å². The average Bonchev–Trinajstić information content (AvgIpc) is 2.92. The van der Waals surface area contributed by atoms with Crippen LogP contribution in [0, 0.1) is 5.82 Å². The van der Waals surface area contributed by atoms with Gasteiger partial charge in [-0.1, -0.05) is 12.1 Å². The van der Waals surface area contributed by atoms with Gasteiger partial charge in [0.05, 0.1) is 13.2 Å². The van der Waals surface area contributed by atoms with E-state index in [0.717, 1.165) is 13.1 Å². The van der Waals surface area contributed by atoms with E-state index >= 15 is 0 Å². The molecule has 1 unspecified atom stereocenters. The summed E-state index contributed by atoms with van der Waals surface area (Å²) in [6.07, 6.45) is 2.38. The first-order chi connectivity index (χ1) is 8.98. The van der Waals surface area contributed by atoms with E-state index in [-0.39, 0.29) is 23.1 Å². The van der Waals surface area contributed by atoms with Crippen LogP contribution < -0.4 is 10.5 Å². The Kier molecular flexibility index (Phi) is 4.11. The van der Waals surface area contributed by atoms with Gasteiger partial charge in [-0.05, 0) is 45.8 Å². The monoisotopic (exact) mass is 266 g/mol. The largest absolute Gasteiger partial charge is 0.494 e. The van der Waals surface area contributed by atoms with Crippen molar-refractivity contribution in [2.24, 2.45) is 5.73 Å². The quantitative estimate of drug-likeness (QED) is 0.910. The molecule has 0 aliphatic carbocycles. The molecular formula is C15H23FN2O. The predicted octanol–water partition coefficient (Wildman–Crippen LogP) is 2.71. The van der Waals surface area contributed by atoms with Crippen LogP contribution in [0.15, 0.2) is 18.2 Å². The Morgan fingerprint density at radius 2 is 1.95 bits per heavy atom. The van der Waals surface area contributed by atoms with E-state index in [4.69, 9.17) is 10.5 Å². The maximum absolute atomic E-state index is 14.3. The topological polar surface area (TPSA) is 38.5 Å². The van der Waals surface area contributed by atoms with Crippen molar-refractivity contribution in [2.75, 3.05) is 20.2 Å². The van der Waals surface area contributed by atoms with Crippen molar-refractivity contribution in [2.45, 2.75) is 38.3 Å². The lowest BCUT2D eigenvalue weighted by Gasteiger charge is -2.40. The van der Waals surface area contributed by atoms with Gasteiger partial charge in [0.2, 0.25) is 0 Å². The van der Waals surface area contributed by atoms with Crippen LogP contribution in [0.1, 0.15) is 38.3 Å². The lowest BCUT2D eigenvalue weighted by atomic mass is 9.87. The van der Waals surface area contributed by atoms with Gasteiger partial charge in [-0.2, -0.15) is 0 Å². The highest BCUT2D eigenvalue weighted by Crippen LogP contribution is 2.34. The van der Waals surface area contributed by atoms with Crippen LogP contribution in [0.5, 0.6) is 5.75 Å². The molecular weight excluding hydrogens is 243 g/mol. The Labute approximate surface area is 114 Å². The van der Waals surface area contributed by atoms with E-state index < -0.39 is 0 Å². The fourth-order valence-electron chi connectivity index (χ4n) is 2.80. The number of methoxy groups -OCH3 is 1. The molecule has 2 rings (SSSR count). The Bertz CT molecular complexity index is 442. The minimum Gasteiger partial charge on any atom is -0.494 e. The second-order valence-electron chi connectivity index (χ2n) is 5.69. The van der Waals surface area contributed by atoms with Crippen molar-refractivity contribution in [1.29, 1.82) is 0 Å².